The lowest BCUT2D eigenvalue weighted by molar-refractivity contribution is -0.140. The molecule has 0 fully saturated rings. The number of methoxy groups -OCH3 is 1. The fourth-order valence-corrected chi connectivity index (χ4v) is 2.10. The van der Waals surface area contributed by atoms with E-state index in [1.165, 1.54) is 12.7 Å². The number of benzene rings is 1. The number of rotatable bonds is 6. The molecule has 1 rings (SSSR count). The molecule has 1 atom stereocenters. The maximum Gasteiger partial charge on any atom is 0.407 e. The third kappa shape index (κ3) is 8.24. The van der Waals surface area contributed by atoms with Gasteiger partial charge in [0, 0.05) is 12.5 Å². The Morgan fingerprint density at radius 1 is 1.17 bits per heavy atom. The number of hydrogen-bond donors (Lipinski definition) is 1. The lowest BCUT2D eigenvalue weighted by atomic mass is 10.0. The lowest BCUT2D eigenvalue weighted by Crippen LogP contribution is -2.40. The fraction of sp³-hybridized carbons (Fsp3) is 0.556. The summed E-state index contributed by atoms with van der Waals surface area (Å²) >= 11 is 0. The molecular formula is C18H27NO4. The Balaban J connectivity index is 2.69. The van der Waals surface area contributed by atoms with Gasteiger partial charge in [-0.05, 0) is 46.1 Å². The predicted molar refractivity (Wildman–Crippen MR) is 89.3 cm³/mol. The van der Waals surface area contributed by atoms with E-state index in [0.717, 1.165) is 5.56 Å². The van der Waals surface area contributed by atoms with Crippen molar-refractivity contribution in [3.8, 4) is 0 Å². The van der Waals surface area contributed by atoms with Crippen LogP contribution in [0.3, 0.4) is 0 Å². The summed E-state index contributed by atoms with van der Waals surface area (Å²) in [5.74, 6) is -0.287. The quantitative estimate of drug-likeness (QED) is 0.816. The number of carbonyl (C=O) groups is 2. The van der Waals surface area contributed by atoms with Crippen LogP contribution in [0.1, 0.15) is 44.7 Å². The number of carbonyl (C=O) groups excluding carboxylic acids is 2. The summed E-state index contributed by atoms with van der Waals surface area (Å²) < 4.78 is 9.96. The highest BCUT2D eigenvalue weighted by atomic mass is 16.6. The third-order valence-electron chi connectivity index (χ3n) is 3.25. The number of amides is 1. The Morgan fingerprint density at radius 3 is 2.30 bits per heavy atom. The Hall–Kier alpha value is -2.04. The van der Waals surface area contributed by atoms with Crippen LogP contribution in [0.4, 0.5) is 4.79 Å². The normalized spacial score (nSPS) is 12.4. The molecule has 0 unspecified atom stereocenters. The molecule has 23 heavy (non-hydrogen) atoms. The van der Waals surface area contributed by atoms with Crippen molar-refractivity contribution in [2.75, 3.05) is 7.11 Å². The van der Waals surface area contributed by atoms with Gasteiger partial charge in [-0.25, -0.2) is 4.79 Å². The van der Waals surface area contributed by atoms with Crippen molar-refractivity contribution < 1.29 is 19.1 Å². The summed E-state index contributed by atoms with van der Waals surface area (Å²) in [5.41, 5.74) is 1.72. The summed E-state index contributed by atoms with van der Waals surface area (Å²) in [7, 11) is 1.36. The van der Waals surface area contributed by atoms with Crippen molar-refractivity contribution in [1.29, 1.82) is 0 Å². The zero-order valence-corrected chi connectivity index (χ0v) is 14.6. The van der Waals surface area contributed by atoms with Crippen LogP contribution in [-0.4, -0.2) is 30.8 Å². The molecule has 0 bridgehead atoms. The molecule has 0 radical (unpaired) electrons. The van der Waals surface area contributed by atoms with Gasteiger partial charge in [0.2, 0.25) is 0 Å². The van der Waals surface area contributed by atoms with E-state index in [1.54, 1.807) is 0 Å². The van der Waals surface area contributed by atoms with E-state index >= 15 is 0 Å². The smallest absolute Gasteiger partial charge is 0.407 e. The molecule has 0 heterocycles. The first-order chi connectivity index (χ1) is 10.7. The summed E-state index contributed by atoms with van der Waals surface area (Å²) in [5, 5.41) is 2.85. The number of esters is 1. The number of hydrogen-bond acceptors (Lipinski definition) is 4. The van der Waals surface area contributed by atoms with Crippen LogP contribution < -0.4 is 5.32 Å². The molecular weight excluding hydrogens is 294 g/mol. The van der Waals surface area contributed by atoms with Crippen molar-refractivity contribution in [1.82, 2.24) is 5.32 Å². The molecule has 5 heteroatoms. The van der Waals surface area contributed by atoms with Crippen LogP contribution in [0.2, 0.25) is 0 Å². The van der Waals surface area contributed by atoms with Gasteiger partial charge in [0.1, 0.15) is 5.60 Å². The second-order valence-corrected chi connectivity index (χ2v) is 6.65. The van der Waals surface area contributed by atoms with Crippen molar-refractivity contribution >= 4 is 12.1 Å². The van der Waals surface area contributed by atoms with E-state index in [4.69, 9.17) is 4.74 Å². The SMILES string of the molecule is COC(=O)CC[C@H](Cc1ccc(C)cc1)NC(=O)OC(C)(C)C. The van der Waals surface area contributed by atoms with Crippen LogP contribution in [0.15, 0.2) is 24.3 Å². The highest BCUT2D eigenvalue weighted by Gasteiger charge is 2.20. The van der Waals surface area contributed by atoms with Crippen LogP contribution in [0.25, 0.3) is 0 Å². The van der Waals surface area contributed by atoms with Crippen LogP contribution in [0.5, 0.6) is 0 Å². The second kappa shape index (κ2) is 8.56. The van der Waals surface area contributed by atoms with E-state index in [0.29, 0.717) is 12.8 Å². The molecule has 1 aromatic carbocycles. The van der Waals surface area contributed by atoms with Gasteiger partial charge >= 0.3 is 12.1 Å². The standard InChI is InChI=1S/C18H27NO4/c1-13-6-8-14(9-7-13)12-15(10-11-16(20)22-5)19-17(21)23-18(2,3)4/h6-9,15H,10-12H2,1-5H3,(H,19,21)/t15-/m1/s1. The monoisotopic (exact) mass is 321 g/mol. The van der Waals surface area contributed by atoms with Crippen molar-refractivity contribution in [2.24, 2.45) is 0 Å². The first-order valence-electron chi connectivity index (χ1n) is 7.81. The lowest BCUT2D eigenvalue weighted by Gasteiger charge is -2.23. The van der Waals surface area contributed by atoms with Gasteiger partial charge in [0.05, 0.1) is 7.11 Å². The summed E-state index contributed by atoms with van der Waals surface area (Å²) in [6.07, 6.45) is 0.915. The average Bonchev–Trinajstić information content (AvgIpc) is 2.44. The number of alkyl carbamates (subject to hydrolysis) is 1. The minimum atomic E-state index is -0.555. The van der Waals surface area contributed by atoms with Gasteiger partial charge in [-0.3, -0.25) is 4.79 Å². The molecule has 0 aliphatic heterocycles. The predicted octanol–water partition coefficient (Wildman–Crippen LogP) is 3.38. The Kier molecular flexibility index (Phi) is 7.07. The molecule has 128 valence electrons. The maximum atomic E-state index is 12.0. The van der Waals surface area contributed by atoms with Gasteiger partial charge in [0.25, 0.3) is 0 Å². The second-order valence-electron chi connectivity index (χ2n) is 6.65. The van der Waals surface area contributed by atoms with Crippen LogP contribution in [0, 0.1) is 6.92 Å². The molecule has 0 aromatic heterocycles. The van der Waals surface area contributed by atoms with Crippen molar-refractivity contribution in [2.45, 2.75) is 58.6 Å². The highest BCUT2D eigenvalue weighted by Crippen LogP contribution is 2.12. The summed E-state index contributed by atoms with van der Waals surface area (Å²) in [6, 6.07) is 7.92. The Labute approximate surface area is 138 Å². The molecule has 0 spiro atoms. The van der Waals surface area contributed by atoms with Gasteiger partial charge in [-0.2, -0.15) is 0 Å². The molecule has 0 saturated heterocycles. The fourth-order valence-electron chi connectivity index (χ4n) is 2.10. The van der Waals surface area contributed by atoms with Crippen LogP contribution >= 0.6 is 0 Å². The third-order valence-corrected chi connectivity index (χ3v) is 3.25. The number of aryl methyl sites for hydroxylation is 1. The Bertz CT molecular complexity index is 517. The van der Waals surface area contributed by atoms with E-state index in [9.17, 15) is 9.59 Å². The average molecular weight is 321 g/mol. The van der Waals surface area contributed by atoms with E-state index in [1.807, 2.05) is 52.0 Å². The van der Waals surface area contributed by atoms with Gasteiger partial charge < -0.3 is 14.8 Å². The van der Waals surface area contributed by atoms with Gasteiger partial charge in [-0.1, -0.05) is 29.8 Å². The molecule has 5 nitrogen and oxygen atoms in total. The van der Waals surface area contributed by atoms with E-state index in [-0.39, 0.29) is 18.4 Å². The Morgan fingerprint density at radius 2 is 1.78 bits per heavy atom. The molecule has 1 aromatic rings. The van der Waals surface area contributed by atoms with Gasteiger partial charge in [0.15, 0.2) is 0 Å². The van der Waals surface area contributed by atoms with E-state index in [2.05, 4.69) is 10.1 Å². The highest BCUT2D eigenvalue weighted by molar-refractivity contribution is 5.70. The number of ether oxygens (including phenoxy) is 2. The maximum absolute atomic E-state index is 12.0. The minimum Gasteiger partial charge on any atom is -0.469 e. The zero-order valence-electron chi connectivity index (χ0n) is 14.6. The molecule has 1 N–H and O–H groups in total. The molecule has 1 amide bonds. The van der Waals surface area contributed by atoms with Gasteiger partial charge in [-0.15, -0.1) is 0 Å². The van der Waals surface area contributed by atoms with E-state index < -0.39 is 11.7 Å². The largest absolute Gasteiger partial charge is 0.469 e. The van der Waals surface area contributed by atoms with Crippen molar-refractivity contribution in [3.63, 3.8) is 0 Å². The summed E-state index contributed by atoms with van der Waals surface area (Å²) in [4.78, 5) is 23.3. The first kappa shape index (κ1) is 19.0. The molecule has 0 aliphatic carbocycles. The topological polar surface area (TPSA) is 64.6 Å². The zero-order chi connectivity index (χ0) is 17.5. The number of nitrogens with one attached hydrogen (secondary N) is 1. The van der Waals surface area contributed by atoms with Crippen LogP contribution in [-0.2, 0) is 20.7 Å². The molecule has 0 saturated carbocycles. The molecule has 0 aliphatic rings. The minimum absolute atomic E-state index is 0.188. The first-order valence-corrected chi connectivity index (χ1v) is 7.81. The van der Waals surface area contributed by atoms with Crippen molar-refractivity contribution in [3.05, 3.63) is 35.4 Å². The summed E-state index contributed by atoms with van der Waals surface area (Å²) in [6.45, 7) is 7.47.